The van der Waals surface area contributed by atoms with Crippen molar-refractivity contribution in [2.45, 2.75) is 26.4 Å². The third kappa shape index (κ3) is 3.20. The fourth-order valence-corrected chi connectivity index (χ4v) is 0.865. The first-order chi connectivity index (χ1) is 5.29. The molecule has 0 heterocycles. The van der Waals surface area contributed by atoms with Crippen molar-refractivity contribution in [2.24, 2.45) is 5.92 Å². The minimum absolute atomic E-state index is 0.0903. The highest BCUT2D eigenvalue weighted by molar-refractivity contribution is 5.55. The average Bonchev–Trinajstić information content (AvgIpc) is 2.05. The van der Waals surface area contributed by atoms with E-state index in [0.717, 1.165) is 12.7 Å². The normalized spacial score (nSPS) is 14.5. The number of ether oxygens (including phenoxy) is 1. The summed E-state index contributed by atoms with van der Waals surface area (Å²) in [5, 5.41) is 0. The van der Waals surface area contributed by atoms with Crippen LogP contribution in [0.5, 0.6) is 0 Å². The van der Waals surface area contributed by atoms with Gasteiger partial charge in [0.2, 0.25) is 0 Å². The van der Waals surface area contributed by atoms with Gasteiger partial charge in [-0.25, -0.2) is 0 Å². The fraction of sp³-hybridized carbons (Fsp3) is 0.667. The fourth-order valence-electron chi connectivity index (χ4n) is 0.865. The molecule has 0 saturated carbocycles. The summed E-state index contributed by atoms with van der Waals surface area (Å²) in [5.41, 5.74) is 0. The second-order valence-electron chi connectivity index (χ2n) is 2.26. The zero-order valence-corrected chi connectivity index (χ0v) is 7.26. The third-order valence-electron chi connectivity index (χ3n) is 1.58. The van der Waals surface area contributed by atoms with Gasteiger partial charge in [-0.3, -0.25) is 0 Å². The molecule has 0 N–H and O–H groups in total. The van der Waals surface area contributed by atoms with Gasteiger partial charge in [0, 0.05) is 7.11 Å². The Labute approximate surface area is 67.9 Å². The molecule has 0 fully saturated rings. The summed E-state index contributed by atoms with van der Waals surface area (Å²) in [7, 11) is 1.57. The van der Waals surface area contributed by atoms with E-state index < -0.39 is 0 Å². The number of carbonyl (C=O) groups is 1. The zero-order chi connectivity index (χ0) is 8.69. The molecule has 0 radical (unpaired) electrons. The topological polar surface area (TPSA) is 26.3 Å². The predicted molar refractivity (Wildman–Crippen MR) is 44.1 cm³/mol. The highest BCUT2D eigenvalue weighted by Gasteiger charge is 2.15. The van der Waals surface area contributed by atoms with Crippen LogP contribution in [0.25, 0.3) is 0 Å². The van der Waals surface area contributed by atoms with E-state index in [9.17, 15) is 4.79 Å². The van der Waals surface area contributed by atoms with E-state index in [1.807, 2.05) is 6.92 Å². The Balaban J connectivity index is 4.16. The summed E-state index contributed by atoms with van der Waals surface area (Å²) in [5.74, 6) is 5.47. The summed E-state index contributed by atoms with van der Waals surface area (Å²) < 4.78 is 5.03. The third-order valence-corrected chi connectivity index (χ3v) is 1.58. The number of rotatable bonds is 4. The van der Waals surface area contributed by atoms with Crippen LogP contribution >= 0.6 is 0 Å². The predicted octanol–water partition coefficient (Wildman–Crippen LogP) is 1.25. The molecule has 0 aliphatic carbocycles. The Bertz CT molecular complexity index is 164. The van der Waals surface area contributed by atoms with Crippen molar-refractivity contribution in [3.05, 3.63) is 0 Å². The molecular weight excluding hydrogens is 140 g/mol. The Morgan fingerprint density at radius 3 is 2.55 bits per heavy atom. The van der Waals surface area contributed by atoms with E-state index in [0.29, 0.717) is 0 Å². The summed E-state index contributed by atoms with van der Waals surface area (Å²) in [6.45, 7) is 3.69. The van der Waals surface area contributed by atoms with Crippen LogP contribution < -0.4 is 0 Å². The molecule has 0 amide bonds. The molecule has 0 aliphatic rings. The van der Waals surface area contributed by atoms with Gasteiger partial charge in [-0.15, -0.1) is 5.92 Å². The number of methoxy groups -OCH3 is 1. The van der Waals surface area contributed by atoms with Crippen molar-refractivity contribution >= 4 is 6.29 Å². The number of hydrogen-bond acceptors (Lipinski definition) is 2. The Kier molecular flexibility index (Phi) is 5.50. The van der Waals surface area contributed by atoms with Crippen molar-refractivity contribution < 1.29 is 9.53 Å². The maximum Gasteiger partial charge on any atom is 0.127 e. The lowest BCUT2D eigenvalue weighted by Crippen LogP contribution is -2.21. The lowest BCUT2D eigenvalue weighted by molar-refractivity contribution is -0.113. The van der Waals surface area contributed by atoms with Crippen molar-refractivity contribution in [1.29, 1.82) is 0 Å². The molecule has 0 unspecified atom stereocenters. The van der Waals surface area contributed by atoms with Crippen LogP contribution in [0.3, 0.4) is 0 Å². The van der Waals surface area contributed by atoms with E-state index in [1.54, 1.807) is 14.0 Å². The van der Waals surface area contributed by atoms with Crippen LogP contribution in [0.4, 0.5) is 0 Å². The maximum atomic E-state index is 10.5. The molecule has 0 bridgehead atoms. The van der Waals surface area contributed by atoms with E-state index in [1.165, 1.54) is 0 Å². The van der Waals surface area contributed by atoms with Gasteiger partial charge in [-0.1, -0.05) is 12.8 Å². The largest absolute Gasteiger partial charge is 0.368 e. The quantitative estimate of drug-likeness (QED) is 0.450. The summed E-state index contributed by atoms with van der Waals surface area (Å²) >= 11 is 0. The molecule has 2 nitrogen and oxygen atoms in total. The molecule has 0 spiro atoms. The molecule has 0 aliphatic heterocycles. The average molecular weight is 154 g/mol. The van der Waals surface area contributed by atoms with Gasteiger partial charge < -0.3 is 9.53 Å². The molecule has 0 saturated heterocycles. The van der Waals surface area contributed by atoms with Crippen LogP contribution in [-0.4, -0.2) is 19.5 Å². The molecule has 2 heteroatoms. The van der Waals surface area contributed by atoms with E-state index in [2.05, 4.69) is 11.8 Å². The molecule has 11 heavy (non-hydrogen) atoms. The molecule has 2 atom stereocenters. The lowest BCUT2D eigenvalue weighted by atomic mass is 10.0. The van der Waals surface area contributed by atoms with Gasteiger partial charge in [0.15, 0.2) is 0 Å². The summed E-state index contributed by atoms with van der Waals surface area (Å²) in [4.78, 5) is 10.5. The van der Waals surface area contributed by atoms with Crippen LogP contribution in [0.2, 0.25) is 0 Å². The first-order valence-corrected chi connectivity index (χ1v) is 3.70. The lowest BCUT2D eigenvalue weighted by Gasteiger charge is -2.13. The first-order valence-electron chi connectivity index (χ1n) is 3.70. The molecule has 0 aromatic carbocycles. The standard InChI is InChI=1S/C9H14O2/c1-4-6-9(11-3)8(5-2)7-10/h7-9H,5H2,1-3H3/t8-,9-/m1/s1. The van der Waals surface area contributed by atoms with Crippen molar-refractivity contribution in [2.75, 3.05) is 7.11 Å². The Morgan fingerprint density at radius 2 is 2.27 bits per heavy atom. The van der Waals surface area contributed by atoms with E-state index >= 15 is 0 Å². The van der Waals surface area contributed by atoms with Gasteiger partial charge in [-0.05, 0) is 13.3 Å². The van der Waals surface area contributed by atoms with Gasteiger partial charge in [0.25, 0.3) is 0 Å². The monoisotopic (exact) mass is 154 g/mol. The number of hydrogen-bond donors (Lipinski definition) is 0. The van der Waals surface area contributed by atoms with Crippen LogP contribution in [0, 0.1) is 17.8 Å². The highest BCUT2D eigenvalue weighted by atomic mass is 16.5. The number of carbonyl (C=O) groups excluding carboxylic acids is 1. The van der Waals surface area contributed by atoms with Crippen molar-refractivity contribution in [3.8, 4) is 11.8 Å². The Morgan fingerprint density at radius 1 is 1.64 bits per heavy atom. The van der Waals surface area contributed by atoms with Gasteiger partial charge in [0.1, 0.15) is 12.4 Å². The smallest absolute Gasteiger partial charge is 0.127 e. The van der Waals surface area contributed by atoms with Gasteiger partial charge in [0.05, 0.1) is 5.92 Å². The van der Waals surface area contributed by atoms with E-state index in [-0.39, 0.29) is 12.0 Å². The van der Waals surface area contributed by atoms with E-state index in [4.69, 9.17) is 4.74 Å². The summed E-state index contributed by atoms with van der Waals surface area (Å²) in [6, 6.07) is 0. The molecule has 62 valence electrons. The molecule has 0 aromatic heterocycles. The van der Waals surface area contributed by atoms with Crippen molar-refractivity contribution in [3.63, 3.8) is 0 Å². The molecular formula is C9H14O2. The van der Waals surface area contributed by atoms with Crippen LogP contribution in [0.1, 0.15) is 20.3 Å². The minimum Gasteiger partial charge on any atom is -0.368 e. The SMILES string of the molecule is CC#C[C@@H](OC)[C@@H](C=O)CC. The van der Waals surface area contributed by atoms with Crippen molar-refractivity contribution in [1.82, 2.24) is 0 Å². The molecule has 0 aromatic rings. The van der Waals surface area contributed by atoms with Gasteiger partial charge in [-0.2, -0.15) is 0 Å². The summed E-state index contributed by atoms with van der Waals surface area (Å²) in [6.07, 6.45) is 1.44. The first kappa shape index (κ1) is 10.2. The Hall–Kier alpha value is -0.810. The van der Waals surface area contributed by atoms with Crippen LogP contribution in [-0.2, 0) is 9.53 Å². The highest BCUT2D eigenvalue weighted by Crippen LogP contribution is 2.07. The maximum absolute atomic E-state index is 10.5. The van der Waals surface area contributed by atoms with Gasteiger partial charge >= 0.3 is 0 Å². The second kappa shape index (κ2) is 5.94. The number of aldehydes is 1. The second-order valence-corrected chi connectivity index (χ2v) is 2.26. The minimum atomic E-state index is -0.234. The van der Waals surface area contributed by atoms with Crippen LogP contribution in [0.15, 0.2) is 0 Å². The molecule has 0 rings (SSSR count). The zero-order valence-electron chi connectivity index (χ0n) is 7.26.